The molecule has 0 saturated carbocycles. The average molecular weight is 1970 g/mol. The molecule has 6 saturated heterocycles. The molecule has 6 heterocycles. The van der Waals surface area contributed by atoms with E-state index in [4.69, 9.17) is 11.5 Å². The topological polar surface area (TPSA) is 186 Å². The third-order valence-electron chi connectivity index (χ3n) is 27.6. The fourth-order valence-electron chi connectivity index (χ4n) is 19.5. The monoisotopic (exact) mass is 1970 g/mol. The van der Waals surface area contributed by atoms with Crippen LogP contribution >= 0.6 is 0 Å². The molecule has 19 heteroatoms. The molecule has 5 unspecified atom stereocenters. The van der Waals surface area contributed by atoms with Crippen LogP contribution in [0.5, 0.6) is 0 Å². The Balaban J connectivity index is 0.000000212. The van der Waals surface area contributed by atoms with Gasteiger partial charge in [0.25, 0.3) is 0 Å². The van der Waals surface area contributed by atoms with Crippen molar-refractivity contribution in [2.24, 2.45) is 22.6 Å². The van der Waals surface area contributed by atoms with Crippen LogP contribution in [-0.2, 0) is 38.7 Å². The molecule has 9 aromatic rings. The number of anilines is 6. The van der Waals surface area contributed by atoms with Crippen LogP contribution in [-0.4, -0.2) is 202 Å². The minimum atomic E-state index is -0.473. The number of amides is 2. The van der Waals surface area contributed by atoms with Crippen molar-refractivity contribution in [3.05, 3.63) is 333 Å². The number of carbonyl (C=O) groups is 3. The smallest absolute Gasteiger partial charge is 0.146 e. The Labute approximate surface area is 877 Å². The molecule has 0 aromatic heterocycles. The van der Waals surface area contributed by atoms with Crippen molar-refractivity contribution in [3.63, 3.8) is 0 Å². The minimum absolute atomic E-state index is 0. The zero-order chi connectivity index (χ0) is 104. The van der Waals surface area contributed by atoms with E-state index in [-0.39, 0.29) is 25.3 Å². The summed E-state index contributed by atoms with van der Waals surface area (Å²) in [4.78, 5) is 62.9. The van der Waals surface area contributed by atoms with Crippen LogP contribution in [0.2, 0.25) is 0 Å². The number of nitrogens with two attached hydrogens (primary N) is 2. The van der Waals surface area contributed by atoms with Gasteiger partial charge >= 0.3 is 175 Å². The molecule has 9 aromatic carbocycles. The van der Waals surface area contributed by atoms with Gasteiger partial charge in [-0.15, -0.1) is 0 Å². The van der Waals surface area contributed by atoms with E-state index in [9.17, 15) is 19.1 Å². The zero-order valence-electron chi connectivity index (χ0n) is 91.8. The Morgan fingerprint density at radius 2 is 0.766 bits per heavy atom. The summed E-state index contributed by atoms with van der Waals surface area (Å²) in [6, 6.07) is 85.2. The van der Waals surface area contributed by atoms with E-state index in [2.05, 4.69) is 386 Å². The molecule has 15 rings (SSSR count). The molecule has 6 aliphatic heterocycles. The second kappa shape index (κ2) is 63.9. The van der Waals surface area contributed by atoms with Crippen LogP contribution in [0.4, 0.5) is 34.1 Å². The molecule has 2 amide bonds. The van der Waals surface area contributed by atoms with Gasteiger partial charge in [-0.1, -0.05) is 228 Å². The van der Waals surface area contributed by atoms with Gasteiger partial charge in [-0.25, -0.2) is 0 Å². The first-order chi connectivity index (χ1) is 69.8. The van der Waals surface area contributed by atoms with Crippen LogP contribution in [0.25, 0.3) is 0 Å². The first-order valence-electron chi connectivity index (χ1n) is 54.1. The second-order valence-electron chi connectivity index (χ2n) is 42.9. The van der Waals surface area contributed by atoms with Crippen molar-refractivity contribution in [1.82, 2.24) is 29.8 Å². The first-order valence-corrected chi connectivity index (χ1v) is 54.1. The molecule has 145 heavy (non-hydrogen) atoms. The fraction of sp³-hybridized carbons (Fsp3) is 0.476. The van der Waals surface area contributed by atoms with Gasteiger partial charge in [0, 0.05) is 132 Å². The largest absolute Gasteiger partial charge is 0.399 e. The van der Waals surface area contributed by atoms with Crippen LogP contribution in [0, 0.1) is 53.4 Å². The van der Waals surface area contributed by atoms with Crippen LogP contribution in [0.15, 0.2) is 288 Å². The van der Waals surface area contributed by atoms with Gasteiger partial charge < -0.3 is 41.7 Å². The molecule has 0 bridgehead atoms. The van der Waals surface area contributed by atoms with Crippen LogP contribution in [0.1, 0.15) is 224 Å². The summed E-state index contributed by atoms with van der Waals surface area (Å²) in [5.41, 5.74) is 36.0. The molecule has 6 N–H and O–H groups in total. The van der Waals surface area contributed by atoms with Crippen molar-refractivity contribution in [2.75, 3.05) is 135 Å². The number of Topliss-reactive ketones (excluding diaryl/α,β-unsaturated/α-hetero) is 1. The molecular formula is C126H181BN14O4. The number of hydrogen-bond acceptors (Lipinski definition) is 16. The van der Waals surface area contributed by atoms with Crippen molar-refractivity contribution >= 4 is 65.0 Å². The van der Waals surface area contributed by atoms with E-state index < -0.39 is 6.04 Å². The number of piperidine rings is 6. The van der Waals surface area contributed by atoms with Crippen LogP contribution in [0.3, 0.4) is 0 Å². The predicted molar refractivity (Wildman–Crippen MR) is 620 cm³/mol. The maximum atomic E-state index is 13.2. The van der Waals surface area contributed by atoms with E-state index in [1.807, 2.05) is 59.2 Å². The Hall–Kier alpha value is -11.3. The zero-order valence-corrected chi connectivity index (χ0v) is 91.8. The molecule has 0 spiro atoms. The molecule has 7 atom stereocenters. The van der Waals surface area contributed by atoms with Crippen molar-refractivity contribution < 1.29 is 20.5 Å². The average Bonchev–Trinajstić information content (AvgIpc) is 0.825. The summed E-state index contributed by atoms with van der Waals surface area (Å²) in [6.07, 6.45) is 25.4. The summed E-state index contributed by atoms with van der Waals surface area (Å²) in [5.74, 6) is 1.31. The van der Waals surface area contributed by atoms with Gasteiger partial charge in [0.05, 0.1) is 12.6 Å². The molecule has 0 aliphatic carbocycles. The van der Waals surface area contributed by atoms with E-state index >= 15 is 0 Å². The van der Waals surface area contributed by atoms with E-state index in [0.29, 0.717) is 68.4 Å². The molecule has 782 valence electrons. The Morgan fingerprint density at radius 3 is 1.14 bits per heavy atom. The quantitative estimate of drug-likeness (QED) is 0.0135. The number of nitrogen functional groups attached to an aromatic ring is 1. The Kier molecular flexibility index (Phi) is 51.7. The number of allylic oxidation sites excluding steroid dienone is 4. The minimum Gasteiger partial charge on any atom is -0.399 e. The molecular weight excluding hydrogens is 1780 g/mol. The number of benzene rings is 9. The van der Waals surface area contributed by atoms with Gasteiger partial charge in [-0.05, 0) is 257 Å². The van der Waals surface area contributed by atoms with Crippen molar-refractivity contribution in [2.45, 2.75) is 276 Å². The standard InChI is InChI=1S/C24H36BN3O2.C24H32N2.C23H37N3O.C19H24N2.C17H26N2.C12H15NO.C7H9N.H2/c1-18(2)12-14-28(21-10-8-20(5)9-11-21)22-7-6-13-27(16-22)24(29)23(15-19(3)4)26-17-25-30;1-20(2)15-17-26(23-13-11-21(3)12-14-23)24-10-7-16-25(19-24)18-22-8-5-4-6-9-22;1-17(2)12-14-26(20-10-8-19(5)9-11-20)21-7-6-13-25(16-21)23(27)22(24)15-18(3)4;1-16-9-11-18(12-10-16)20-19-8-5-13-21(15-19)14-17-6-3-2-4-7-17;1-14(2)10-12-19(17-5-4-11-18-13-17)16-8-6-15(3)7-9-16;14-12-7-4-8-13(10-12)9-11-5-2-1-3-6-11;1-6-2-4-7(8)5-3-6;/h8-12,17,19,22-23H,6-7,13-16H2,1-5H3;4-6,8-9,11-15,24H,7,10,16-19H2,1-3H3;8-12,18,21-22H,6-7,13-16,24H2,1-5H3;2-4,6-7,9-12,19-20H,5,8,13-15H2,1H3;6-10,17-18H,4-5,11-13H2,1-3H3;1-3,5-6H,4,7-10H2;2-5H,8H2,1H3;1H/t22?,23-;;21?,22-;;;;;/m0.0...../s1. The molecule has 18 nitrogen and oxygen atoms in total. The van der Waals surface area contributed by atoms with Crippen LogP contribution < -0.4 is 41.7 Å². The van der Waals surface area contributed by atoms with Crippen molar-refractivity contribution in [1.29, 1.82) is 0 Å². The number of likely N-dealkylation sites (tertiary alicyclic amines) is 5. The van der Waals surface area contributed by atoms with Crippen molar-refractivity contribution in [3.8, 4) is 0 Å². The van der Waals surface area contributed by atoms with Gasteiger partial charge in [0.15, 0.2) is 0 Å². The normalized spacial score (nSPS) is 17.8. The summed E-state index contributed by atoms with van der Waals surface area (Å²) >= 11 is 0. The predicted octanol–water partition coefficient (Wildman–Crippen LogP) is 25.1. The Morgan fingerprint density at radius 1 is 0.421 bits per heavy atom. The molecule has 6 aliphatic rings. The van der Waals surface area contributed by atoms with Gasteiger partial charge in [0.2, 0.25) is 5.91 Å². The third-order valence-corrected chi connectivity index (χ3v) is 27.6. The number of carbonyl (C=O) groups excluding carboxylic acids is 3. The number of hydrogen-bond donors (Lipinski definition) is 4. The second-order valence-corrected chi connectivity index (χ2v) is 42.9. The van der Waals surface area contributed by atoms with Gasteiger partial charge in [-0.2, -0.15) is 0 Å². The van der Waals surface area contributed by atoms with E-state index in [1.165, 1.54) is 165 Å². The number of nitrogens with zero attached hydrogens (tertiary/aromatic N) is 10. The van der Waals surface area contributed by atoms with Gasteiger partial charge in [0.1, 0.15) is 5.78 Å². The number of nitrogens with one attached hydrogen (secondary N) is 2. The number of aliphatic imine (C=N–C) groups is 1. The third kappa shape index (κ3) is 44.1. The molecule has 6 fully saturated rings. The number of ketones is 1. The number of rotatable bonds is 32. The van der Waals surface area contributed by atoms with E-state index in [0.717, 1.165) is 142 Å². The Bertz CT molecular complexity index is 5330. The summed E-state index contributed by atoms with van der Waals surface area (Å²) in [5, 5.41) is 7.20. The van der Waals surface area contributed by atoms with Gasteiger partial charge in [-0.3, -0.25) is 24.3 Å². The van der Waals surface area contributed by atoms with E-state index in [1.54, 1.807) is 0 Å². The summed E-state index contributed by atoms with van der Waals surface area (Å²) in [7, 11) is 0.651. The maximum Gasteiger partial charge on any atom is 0.146 e. The fourth-order valence-corrected chi connectivity index (χ4v) is 19.5. The maximum absolute atomic E-state index is 13.2. The summed E-state index contributed by atoms with van der Waals surface area (Å²) < 4.78 is 10.8. The summed E-state index contributed by atoms with van der Waals surface area (Å²) in [6.45, 7) is 56.7. The number of aryl methyl sites for hydroxylation is 6. The SMILES string of the molecule is CC(C)=CCN(c1ccc(C)cc1)C1CCCN(C(=O)[C@@H](N)CC(C)C)C1.CC(C)=CCN(c1ccc(C)cc1)C1CCCN(C(=O)[C@H](CC(C)C)N=CB=O)C1.CC(C)=CCN(c1ccc(C)cc1)C1CCCN(Cc2ccccc2)C1.CC(C)=CCN(c1ccc(C)cc1)C1CCCNC1.Cc1ccc(N)cc1.Cc1ccc(NC2CCCN(Cc3ccccc3)C2)cc1.O=C1CCCN(Cc2ccccc2)C1.[HH]. The molecule has 0 radical (unpaired) electrons. The first kappa shape index (κ1) is 117.